The summed E-state index contributed by atoms with van der Waals surface area (Å²) in [7, 11) is 0. The third kappa shape index (κ3) is 52.2. The van der Waals surface area contributed by atoms with Gasteiger partial charge in [0.1, 0.15) is 0 Å². The van der Waals surface area contributed by atoms with Crippen LogP contribution in [-0.2, 0) is 2.79 Å². The third-order valence-electron chi connectivity index (χ3n) is 11.3. The summed E-state index contributed by atoms with van der Waals surface area (Å²) in [5.74, 6) is 0. The summed E-state index contributed by atoms with van der Waals surface area (Å²) in [4.78, 5) is 0. The first-order valence-electron chi connectivity index (χ1n) is 26.0. The van der Waals surface area contributed by atoms with E-state index in [1.807, 2.05) is 0 Å². The molecule has 5 heteroatoms. The monoisotopic (exact) mass is 1020 g/mol. The molecule has 332 valence electrons. The Morgan fingerprint density at radius 2 is 0.345 bits per heavy atom. The predicted molar refractivity (Wildman–Crippen MR) is 267 cm³/mol. The second-order valence-electron chi connectivity index (χ2n) is 17.3. The average molecular weight is 1020 g/mol. The van der Waals surface area contributed by atoms with Crippen LogP contribution in [0.1, 0.15) is 262 Å². The van der Waals surface area contributed by atoms with Gasteiger partial charge in [0.15, 0.2) is 0 Å². The van der Waals surface area contributed by atoms with Crippen molar-refractivity contribution in [2.75, 3.05) is 0 Å². The summed E-state index contributed by atoms with van der Waals surface area (Å²) in [5, 5.41) is 16.0. The molecule has 0 atom stereocenters. The van der Waals surface area contributed by atoms with E-state index < -0.39 is 58.1 Å². The van der Waals surface area contributed by atoms with Crippen LogP contribution >= 0.6 is 0 Å². The predicted octanol–water partition coefficient (Wildman–Crippen LogP) is 19.9. The Morgan fingerprint density at radius 1 is 0.200 bits per heavy atom. The van der Waals surface area contributed by atoms with E-state index >= 15 is 0 Å². The van der Waals surface area contributed by atoms with Crippen molar-refractivity contribution in [1.29, 1.82) is 0 Å². The Kier molecular flexibility index (Phi) is 62.7. The summed E-state index contributed by atoms with van der Waals surface area (Å²) >= 11 is -3.57. The molecule has 0 aliphatic carbocycles. The quantitative estimate of drug-likeness (QED) is 0.0437. The van der Waals surface area contributed by atoms with Crippen molar-refractivity contribution in [2.45, 2.75) is 314 Å². The number of hydrogen-bond acceptors (Lipinski definition) is 1. The molecular formula is C50H110Ge4O. The molecule has 0 amide bonds. The number of hydrogen-bond donors (Lipinski definition) is 0. The summed E-state index contributed by atoms with van der Waals surface area (Å²) in [6.07, 6.45) is 43.5. The fourth-order valence-corrected chi connectivity index (χ4v) is 37.1. The van der Waals surface area contributed by atoms with Crippen LogP contribution in [0, 0.1) is 0 Å². The topological polar surface area (TPSA) is 9.23 Å². The standard InChI is InChI=1S/C20H44Ge2O.2C15H33Ge/c1-5-9-13-17-21(18-14-10-6-2)23-22(19-15-11-7-3)20-16-12-8-4;2*1-4-7-10-13-16(14-11-8-5-2)15-12-9-6-3/h5-20H2,1-4H3;2*4-15H2,1-3H3. The molecule has 0 saturated carbocycles. The molecule has 0 N–H and O–H groups in total. The zero-order chi connectivity index (χ0) is 41.3. The van der Waals surface area contributed by atoms with E-state index in [9.17, 15) is 0 Å². The SMILES string of the molecule is CCCC[CH2][Ge]([CH2]CCCC)[CH2]CCCC.CCCC[CH2][Ge]([CH2]CCCC)[CH2]CCCC.CCCC[CH2][Ge]([CH2]CCCC)[O][Ge]([CH2]CCCC)[CH2]CCCC. The Labute approximate surface area is 372 Å². The van der Waals surface area contributed by atoms with Gasteiger partial charge in [0.2, 0.25) is 0 Å². The second-order valence-corrected chi connectivity index (χ2v) is 41.2. The zero-order valence-electron chi connectivity index (χ0n) is 40.7. The molecule has 4 radical (unpaired) electrons. The fourth-order valence-electron chi connectivity index (χ4n) is 7.45. The van der Waals surface area contributed by atoms with Crippen molar-refractivity contribution in [3.63, 3.8) is 0 Å². The van der Waals surface area contributed by atoms with E-state index in [1.54, 1.807) is 70.0 Å². The molecule has 0 aromatic heterocycles. The van der Waals surface area contributed by atoms with Gasteiger partial charge in [-0.05, 0) is 0 Å². The molecule has 0 fully saturated rings. The minimum absolute atomic E-state index is 0.603. The van der Waals surface area contributed by atoms with E-state index in [4.69, 9.17) is 2.79 Å². The van der Waals surface area contributed by atoms with Crippen molar-refractivity contribution < 1.29 is 2.79 Å². The Bertz CT molecular complexity index is 515. The zero-order valence-corrected chi connectivity index (χ0v) is 49.1. The Balaban J connectivity index is -0.000000757. The van der Waals surface area contributed by atoms with E-state index in [1.165, 1.54) is 175 Å². The first-order chi connectivity index (χ1) is 27.0. The minimum atomic E-state index is -1.18. The molecule has 0 aromatic carbocycles. The first kappa shape index (κ1) is 61.4. The molecular weight excluding hydrogens is 907 g/mol. The molecule has 0 rings (SSSR count). The van der Waals surface area contributed by atoms with Crippen LogP contribution in [0.4, 0.5) is 0 Å². The van der Waals surface area contributed by atoms with Gasteiger partial charge in [0.25, 0.3) is 0 Å². The van der Waals surface area contributed by atoms with Crippen LogP contribution in [0.2, 0.25) is 52.5 Å². The maximum absolute atomic E-state index is 6.97. The van der Waals surface area contributed by atoms with Gasteiger partial charge < -0.3 is 0 Å². The van der Waals surface area contributed by atoms with Crippen molar-refractivity contribution in [3.05, 3.63) is 0 Å². The summed E-state index contributed by atoms with van der Waals surface area (Å²) in [6.45, 7) is 23.3. The van der Waals surface area contributed by atoms with E-state index in [0.29, 0.717) is 0 Å². The number of unbranched alkanes of at least 4 members (excludes halogenated alkanes) is 20. The van der Waals surface area contributed by atoms with Crippen molar-refractivity contribution >= 4 is 58.1 Å². The normalized spacial score (nSPS) is 11.5. The maximum atomic E-state index is 6.97. The van der Waals surface area contributed by atoms with Crippen molar-refractivity contribution in [3.8, 4) is 0 Å². The van der Waals surface area contributed by atoms with Crippen LogP contribution < -0.4 is 0 Å². The number of rotatable bonds is 42. The van der Waals surface area contributed by atoms with Crippen LogP contribution in [0.25, 0.3) is 0 Å². The molecule has 0 bridgehead atoms. The molecule has 0 heterocycles. The van der Waals surface area contributed by atoms with Gasteiger partial charge in [0, 0.05) is 0 Å². The van der Waals surface area contributed by atoms with Crippen LogP contribution in [0.5, 0.6) is 0 Å². The van der Waals surface area contributed by atoms with Gasteiger partial charge in [-0.25, -0.2) is 0 Å². The van der Waals surface area contributed by atoms with Crippen molar-refractivity contribution in [2.24, 2.45) is 0 Å². The molecule has 0 aromatic rings. The average Bonchev–Trinajstić information content (AvgIpc) is 3.18. The first-order valence-corrected chi connectivity index (χ1v) is 42.6. The summed E-state index contributed by atoms with van der Waals surface area (Å²) in [6, 6.07) is 0. The van der Waals surface area contributed by atoms with Gasteiger partial charge in [0.05, 0.1) is 0 Å². The molecule has 0 spiro atoms. The summed E-state index contributed by atoms with van der Waals surface area (Å²) in [5.41, 5.74) is 0. The van der Waals surface area contributed by atoms with Crippen LogP contribution in [0.3, 0.4) is 0 Å². The van der Waals surface area contributed by atoms with Crippen molar-refractivity contribution in [1.82, 2.24) is 0 Å². The molecule has 0 unspecified atom stereocenters. The Morgan fingerprint density at radius 3 is 0.491 bits per heavy atom. The van der Waals surface area contributed by atoms with Crippen LogP contribution in [-0.4, -0.2) is 58.1 Å². The molecule has 0 saturated heterocycles. The van der Waals surface area contributed by atoms with Gasteiger partial charge in [-0.2, -0.15) is 0 Å². The Hall–Kier alpha value is 2.13. The third-order valence-corrected chi connectivity index (χ3v) is 39.8. The molecule has 1 nitrogen and oxygen atoms in total. The van der Waals surface area contributed by atoms with Gasteiger partial charge in [-0.3, -0.25) is 0 Å². The van der Waals surface area contributed by atoms with Gasteiger partial charge in [-0.1, -0.05) is 0 Å². The van der Waals surface area contributed by atoms with E-state index in [2.05, 4.69) is 69.2 Å². The van der Waals surface area contributed by atoms with E-state index in [0.717, 1.165) is 0 Å². The fraction of sp³-hybridized carbons (Fsp3) is 1.00. The van der Waals surface area contributed by atoms with Crippen LogP contribution in [0.15, 0.2) is 0 Å². The van der Waals surface area contributed by atoms with Gasteiger partial charge in [-0.15, -0.1) is 0 Å². The second kappa shape index (κ2) is 56.1. The molecule has 0 aliphatic heterocycles. The summed E-state index contributed by atoms with van der Waals surface area (Å²) < 4.78 is 6.97. The van der Waals surface area contributed by atoms with E-state index in [-0.39, 0.29) is 0 Å². The molecule has 0 aliphatic rings. The molecule has 55 heavy (non-hydrogen) atoms. The van der Waals surface area contributed by atoms with Gasteiger partial charge >= 0.3 is 375 Å².